The van der Waals surface area contributed by atoms with E-state index in [1.165, 1.54) is 0 Å². The first-order valence-electron chi connectivity index (χ1n) is 6.23. The van der Waals surface area contributed by atoms with Crippen LogP contribution < -0.4 is 16.5 Å². The molecule has 1 fully saturated rings. The molecule has 0 radical (unpaired) electrons. The first-order chi connectivity index (χ1) is 9.19. The highest BCUT2D eigenvalue weighted by Crippen LogP contribution is 2.08. The van der Waals surface area contributed by atoms with Crippen LogP contribution >= 0.6 is 0 Å². The zero-order valence-corrected chi connectivity index (χ0v) is 10.6. The molecule has 0 spiro atoms. The molecule has 7 heteroatoms. The number of nitrogens with two attached hydrogens (primary N) is 1. The van der Waals surface area contributed by atoms with Gasteiger partial charge >= 0.3 is 7.12 Å². The second kappa shape index (κ2) is 6.56. The van der Waals surface area contributed by atoms with Gasteiger partial charge in [-0.15, -0.1) is 0 Å². The number of hydrogen-bond donors (Lipinski definition) is 4. The van der Waals surface area contributed by atoms with E-state index in [1.807, 2.05) is 24.3 Å². The van der Waals surface area contributed by atoms with Gasteiger partial charge < -0.3 is 25.5 Å². The van der Waals surface area contributed by atoms with E-state index in [4.69, 9.17) is 25.6 Å². The SMILES string of the molecule is N=C(N)NCCc1ccc(B2OC[C@@H](CO)O2)cc1. The Kier molecular flexibility index (Phi) is 4.78. The van der Waals surface area contributed by atoms with Gasteiger partial charge in [-0.05, 0) is 17.4 Å². The molecule has 0 aromatic heterocycles. The van der Waals surface area contributed by atoms with Gasteiger partial charge in [-0.3, -0.25) is 5.41 Å². The number of benzene rings is 1. The van der Waals surface area contributed by atoms with E-state index < -0.39 is 0 Å². The Hall–Kier alpha value is -1.57. The maximum absolute atomic E-state index is 8.98. The maximum atomic E-state index is 8.98. The van der Waals surface area contributed by atoms with Crippen LogP contribution in [-0.4, -0.2) is 44.0 Å². The molecule has 0 aliphatic carbocycles. The van der Waals surface area contributed by atoms with Crippen molar-refractivity contribution in [3.05, 3.63) is 29.8 Å². The zero-order chi connectivity index (χ0) is 13.7. The quantitative estimate of drug-likeness (QED) is 0.304. The number of aliphatic hydroxyl groups excluding tert-OH is 1. The standard InChI is InChI=1S/C12H18BN3O3/c14-12(15)16-6-5-9-1-3-10(4-2-9)13-18-8-11(7-17)19-13/h1-4,11,17H,5-8H2,(H4,14,15,16)/t11-/m1/s1. The minimum atomic E-state index is -0.387. The highest BCUT2D eigenvalue weighted by atomic mass is 16.6. The summed E-state index contributed by atoms with van der Waals surface area (Å²) in [4.78, 5) is 0. The van der Waals surface area contributed by atoms with Gasteiger partial charge in [-0.1, -0.05) is 24.3 Å². The largest absolute Gasteiger partial charge is 0.494 e. The summed E-state index contributed by atoms with van der Waals surface area (Å²) in [5.41, 5.74) is 7.30. The lowest BCUT2D eigenvalue weighted by atomic mass is 9.79. The van der Waals surface area contributed by atoms with Crippen molar-refractivity contribution < 1.29 is 14.4 Å². The van der Waals surface area contributed by atoms with Crippen molar-refractivity contribution in [2.24, 2.45) is 5.73 Å². The van der Waals surface area contributed by atoms with Crippen LogP contribution in [0.2, 0.25) is 0 Å². The zero-order valence-electron chi connectivity index (χ0n) is 10.6. The van der Waals surface area contributed by atoms with E-state index in [1.54, 1.807) is 0 Å². The molecule has 1 aliphatic rings. The molecule has 5 N–H and O–H groups in total. The van der Waals surface area contributed by atoms with Gasteiger partial charge in [0.1, 0.15) is 0 Å². The molecule has 1 saturated heterocycles. The Bertz CT molecular complexity index is 427. The van der Waals surface area contributed by atoms with Gasteiger partial charge in [0, 0.05) is 6.54 Å². The second-order valence-electron chi connectivity index (χ2n) is 4.44. The van der Waals surface area contributed by atoms with Crippen molar-refractivity contribution in [1.82, 2.24) is 5.32 Å². The van der Waals surface area contributed by atoms with E-state index in [2.05, 4.69) is 5.32 Å². The molecule has 1 aliphatic heterocycles. The summed E-state index contributed by atoms with van der Waals surface area (Å²) in [6.45, 7) is 1.04. The minimum Gasteiger partial charge on any atom is -0.405 e. The van der Waals surface area contributed by atoms with Crippen LogP contribution in [-0.2, 0) is 15.7 Å². The minimum absolute atomic E-state index is 0.0144. The first-order valence-corrected chi connectivity index (χ1v) is 6.23. The average molecular weight is 263 g/mol. The summed E-state index contributed by atoms with van der Waals surface area (Å²) in [5.74, 6) is -0.0144. The lowest BCUT2D eigenvalue weighted by molar-refractivity contribution is 0.134. The van der Waals surface area contributed by atoms with Crippen molar-refractivity contribution in [2.45, 2.75) is 12.5 Å². The molecule has 1 aromatic rings. The Labute approximate surface area is 112 Å². The van der Waals surface area contributed by atoms with Crippen LogP contribution in [0.15, 0.2) is 24.3 Å². The molecule has 0 bridgehead atoms. The monoisotopic (exact) mass is 263 g/mol. The van der Waals surface area contributed by atoms with Crippen LogP contribution in [0.25, 0.3) is 0 Å². The van der Waals surface area contributed by atoms with Crippen molar-refractivity contribution in [3.63, 3.8) is 0 Å². The van der Waals surface area contributed by atoms with Crippen LogP contribution in [0.3, 0.4) is 0 Å². The van der Waals surface area contributed by atoms with Gasteiger partial charge in [0.15, 0.2) is 5.96 Å². The second-order valence-corrected chi connectivity index (χ2v) is 4.44. The third-order valence-electron chi connectivity index (χ3n) is 2.93. The molecule has 1 aromatic carbocycles. The normalized spacial score (nSPS) is 18.6. The molecule has 0 amide bonds. The maximum Gasteiger partial charge on any atom is 0.494 e. The Balaban J connectivity index is 1.86. The van der Waals surface area contributed by atoms with Gasteiger partial charge in [0.2, 0.25) is 0 Å². The van der Waals surface area contributed by atoms with Crippen molar-refractivity contribution in [2.75, 3.05) is 19.8 Å². The van der Waals surface area contributed by atoms with E-state index in [9.17, 15) is 0 Å². The molecular formula is C12H18BN3O3. The van der Waals surface area contributed by atoms with E-state index in [0.29, 0.717) is 13.2 Å². The molecule has 0 saturated carbocycles. The highest BCUT2D eigenvalue weighted by molar-refractivity contribution is 6.61. The van der Waals surface area contributed by atoms with Crippen LogP contribution in [0.4, 0.5) is 0 Å². The Morgan fingerprint density at radius 1 is 1.47 bits per heavy atom. The fourth-order valence-electron chi connectivity index (χ4n) is 1.90. The van der Waals surface area contributed by atoms with E-state index in [0.717, 1.165) is 17.4 Å². The Morgan fingerprint density at radius 2 is 2.21 bits per heavy atom. The number of guanidine groups is 1. The van der Waals surface area contributed by atoms with Crippen molar-refractivity contribution in [3.8, 4) is 0 Å². The summed E-state index contributed by atoms with van der Waals surface area (Å²) in [6, 6.07) is 7.90. The molecule has 0 unspecified atom stereocenters. The average Bonchev–Trinajstić information content (AvgIpc) is 2.88. The summed E-state index contributed by atoms with van der Waals surface area (Å²) >= 11 is 0. The number of aliphatic hydroxyl groups is 1. The summed E-state index contributed by atoms with van der Waals surface area (Å²) in [5, 5.41) is 18.8. The van der Waals surface area contributed by atoms with Gasteiger partial charge in [-0.25, -0.2) is 0 Å². The topological polar surface area (TPSA) is 101 Å². The number of hydrogen-bond acceptors (Lipinski definition) is 4. The summed E-state index contributed by atoms with van der Waals surface area (Å²) in [7, 11) is -0.387. The third kappa shape index (κ3) is 3.95. The molecule has 19 heavy (non-hydrogen) atoms. The van der Waals surface area contributed by atoms with Crippen LogP contribution in [0.1, 0.15) is 5.56 Å². The van der Waals surface area contributed by atoms with E-state index in [-0.39, 0.29) is 25.8 Å². The molecule has 2 rings (SSSR count). The molecule has 102 valence electrons. The summed E-state index contributed by atoms with van der Waals surface area (Å²) in [6.07, 6.45) is 0.565. The predicted molar refractivity (Wildman–Crippen MR) is 73.4 cm³/mol. The predicted octanol–water partition coefficient (Wildman–Crippen LogP) is -1.18. The molecular weight excluding hydrogens is 245 g/mol. The lowest BCUT2D eigenvalue weighted by Crippen LogP contribution is -2.33. The number of nitrogens with one attached hydrogen (secondary N) is 2. The molecule has 1 atom stereocenters. The lowest BCUT2D eigenvalue weighted by Gasteiger charge is -2.08. The summed E-state index contributed by atoms with van der Waals surface area (Å²) < 4.78 is 11.0. The smallest absolute Gasteiger partial charge is 0.405 e. The van der Waals surface area contributed by atoms with Crippen LogP contribution in [0, 0.1) is 5.41 Å². The fourth-order valence-corrected chi connectivity index (χ4v) is 1.90. The first kappa shape index (κ1) is 13.9. The van der Waals surface area contributed by atoms with Crippen molar-refractivity contribution in [1.29, 1.82) is 5.41 Å². The fraction of sp³-hybridized carbons (Fsp3) is 0.417. The van der Waals surface area contributed by atoms with Gasteiger partial charge in [0.25, 0.3) is 0 Å². The number of rotatable bonds is 5. The van der Waals surface area contributed by atoms with E-state index >= 15 is 0 Å². The Morgan fingerprint density at radius 3 is 2.79 bits per heavy atom. The van der Waals surface area contributed by atoms with Crippen LogP contribution in [0.5, 0.6) is 0 Å². The van der Waals surface area contributed by atoms with Crippen molar-refractivity contribution >= 4 is 18.5 Å². The third-order valence-corrected chi connectivity index (χ3v) is 2.93. The molecule has 6 nitrogen and oxygen atoms in total. The highest BCUT2D eigenvalue weighted by Gasteiger charge is 2.32. The van der Waals surface area contributed by atoms with Gasteiger partial charge in [0.05, 0.1) is 19.3 Å². The molecule has 1 heterocycles. The van der Waals surface area contributed by atoms with Gasteiger partial charge in [-0.2, -0.15) is 0 Å².